The second-order valence-corrected chi connectivity index (χ2v) is 5.12. The number of aromatic nitrogens is 1. The Bertz CT molecular complexity index is 428. The Labute approximate surface area is 120 Å². The van der Waals surface area contributed by atoms with Gasteiger partial charge in [-0.1, -0.05) is 63.7 Å². The first-order valence-corrected chi connectivity index (χ1v) is 7.53. The third-order valence-electron chi connectivity index (χ3n) is 2.97. The normalized spacial score (nSPS) is 10.4. The highest BCUT2D eigenvalue weighted by Gasteiger charge is 2.04. The molecule has 0 spiro atoms. The van der Waals surface area contributed by atoms with Gasteiger partial charge in [-0.3, -0.25) is 0 Å². The summed E-state index contributed by atoms with van der Waals surface area (Å²) in [6, 6.07) is 5.34. The van der Waals surface area contributed by atoms with Gasteiger partial charge in [0.1, 0.15) is 4.64 Å². The van der Waals surface area contributed by atoms with E-state index in [9.17, 15) is 4.79 Å². The molecule has 4 heteroatoms. The summed E-state index contributed by atoms with van der Waals surface area (Å²) >= 11 is 5.05. The minimum Gasteiger partial charge on any atom is -0.336 e. The highest BCUT2D eigenvalue weighted by molar-refractivity contribution is 7.71. The van der Waals surface area contributed by atoms with E-state index in [1.807, 2.05) is 6.07 Å². The number of hydrogen-bond acceptors (Lipinski definition) is 3. The summed E-state index contributed by atoms with van der Waals surface area (Å²) in [5, 5.41) is 0. The summed E-state index contributed by atoms with van der Waals surface area (Å²) in [4.78, 5) is 16.8. The standard InChI is InChI=1S/C15H23NO2S/c1-2-3-4-5-6-7-8-12-15(17)18-16-13-10-9-11-14(16)19/h9-11,13H,2-8,12H2,1H3. The van der Waals surface area contributed by atoms with Crippen LogP contribution in [0.1, 0.15) is 58.3 Å². The summed E-state index contributed by atoms with van der Waals surface area (Å²) in [7, 11) is 0. The maximum Gasteiger partial charge on any atom is 0.332 e. The predicted molar refractivity (Wildman–Crippen MR) is 79.5 cm³/mol. The van der Waals surface area contributed by atoms with E-state index in [1.54, 1.807) is 18.3 Å². The SMILES string of the molecule is CCCCCCCCCC(=O)On1ccccc1=S. The van der Waals surface area contributed by atoms with Gasteiger partial charge in [0, 0.05) is 12.6 Å². The van der Waals surface area contributed by atoms with Gasteiger partial charge in [0.15, 0.2) is 0 Å². The van der Waals surface area contributed by atoms with Crippen LogP contribution in [-0.2, 0) is 4.79 Å². The minimum atomic E-state index is -0.212. The molecule has 0 aromatic carbocycles. The van der Waals surface area contributed by atoms with E-state index in [2.05, 4.69) is 6.92 Å². The number of hydrogen-bond donors (Lipinski definition) is 0. The highest BCUT2D eigenvalue weighted by Crippen LogP contribution is 2.08. The van der Waals surface area contributed by atoms with Crippen molar-refractivity contribution in [2.45, 2.75) is 58.3 Å². The Morgan fingerprint density at radius 3 is 2.53 bits per heavy atom. The van der Waals surface area contributed by atoms with Crippen LogP contribution in [0.15, 0.2) is 24.4 Å². The van der Waals surface area contributed by atoms with Gasteiger partial charge in [0.05, 0.1) is 0 Å². The molecule has 0 amide bonds. The van der Waals surface area contributed by atoms with E-state index in [0.29, 0.717) is 11.1 Å². The van der Waals surface area contributed by atoms with Crippen LogP contribution in [0.3, 0.4) is 0 Å². The van der Waals surface area contributed by atoms with Gasteiger partial charge < -0.3 is 4.84 Å². The molecule has 0 radical (unpaired) electrons. The molecule has 1 heterocycles. The van der Waals surface area contributed by atoms with E-state index >= 15 is 0 Å². The molecule has 1 aromatic heterocycles. The number of pyridine rings is 1. The van der Waals surface area contributed by atoms with Crippen LogP contribution in [0.2, 0.25) is 0 Å². The van der Waals surface area contributed by atoms with Crippen LogP contribution in [-0.4, -0.2) is 10.7 Å². The monoisotopic (exact) mass is 281 g/mol. The number of unbranched alkanes of at least 4 members (excludes halogenated alkanes) is 6. The minimum absolute atomic E-state index is 0.212. The summed E-state index contributed by atoms with van der Waals surface area (Å²) in [5.41, 5.74) is 0. The van der Waals surface area contributed by atoms with Gasteiger partial charge in [0.2, 0.25) is 0 Å². The molecule has 0 atom stereocenters. The smallest absolute Gasteiger partial charge is 0.332 e. The summed E-state index contributed by atoms with van der Waals surface area (Å²) < 4.78 is 1.86. The van der Waals surface area contributed by atoms with Crippen molar-refractivity contribution in [1.29, 1.82) is 0 Å². The largest absolute Gasteiger partial charge is 0.336 e. The van der Waals surface area contributed by atoms with Crippen LogP contribution in [0.5, 0.6) is 0 Å². The first kappa shape index (κ1) is 15.9. The molecule has 0 saturated carbocycles. The van der Waals surface area contributed by atoms with Gasteiger partial charge in [-0.15, -0.1) is 0 Å². The highest BCUT2D eigenvalue weighted by atomic mass is 32.1. The fraction of sp³-hybridized carbons (Fsp3) is 0.600. The molecule has 0 unspecified atom stereocenters. The molecular formula is C15H23NO2S. The van der Waals surface area contributed by atoms with Crippen LogP contribution >= 0.6 is 12.2 Å². The third kappa shape index (κ3) is 7.11. The van der Waals surface area contributed by atoms with Crippen molar-refractivity contribution in [2.24, 2.45) is 0 Å². The van der Waals surface area contributed by atoms with Crippen molar-refractivity contribution in [2.75, 3.05) is 0 Å². The van der Waals surface area contributed by atoms with Crippen molar-refractivity contribution in [1.82, 2.24) is 4.73 Å². The molecule has 0 saturated heterocycles. The van der Waals surface area contributed by atoms with Gasteiger partial charge in [-0.2, -0.15) is 4.73 Å². The maximum atomic E-state index is 11.6. The number of rotatable bonds is 9. The van der Waals surface area contributed by atoms with E-state index in [1.165, 1.54) is 36.8 Å². The summed E-state index contributed by atoms with van der Waals surface area (Å²) in [5.74, 6) is -0.212. The zero-order valence-corrected chi connectivity index (χ0v) is 12.5. The topological polar surface area (TPSA) is 31.2 Å². The van der Waals surface area contributed by atoms with E-state index in [4.69, 9.17) is 17.1 Å². The van der Waals surface area contributed by atoms with Crippen molar-refractivity contribution in [3.8, 4) is 0 Å². The number of carbonyl (C=O) groups is 1. The van der Waals surface area contributed by atoms with Gasteiger partial charge >= 0.3 is 5.97 Å². The van der Waals surface area contributed by atoms with E-state index in [-0.39, 0.29) is 5.97 Å². The summed E-state index contributed by atoms with van der Waals surface area (Å²) in [6.45, 7) is 2.21. The molecule has 0 N–H and O–H groups in total. The van der Waals surface area contributed by atoms with Crippen molar-refractivity contribution < 1.29 is 9.63 Å². The molecule has 1 aromatic rings. The van der Waals surface area contributed by atoms with Crippen molar-refractivity contribution >= 4 is 18.2 Å². The fourth-order valence-electron chi connectivity index (χ4n) is 1.87. The molecule has 0 aliphatic rings. The number of carbonyl (C=O) groups excluding carboxylic acids is 1. The van der Waals surface area contributed by atoms with E-state index < -0.39 is 0 Å². The lowest BCUT2D eigenvalue weighted by Gasteiger charge is -2.06. The zero-order chi connectivity index (χ0) is 13.9. The van der Waals surface area contributed by atoms with Gasteiger partial charge in [-0.25, -0.2) is 4.79 Å². The van der Waals surface area contributed by atoms with Crippen LogP contribution in [0.4, 0.5) is 0 Å². The Morgan fingerprint density at radius 2 is 1.84 bits per heavy atom. The van der Waals surface area contributed by atoms with Crippen LogP contribution in [0, 0.1) is 4.64 Å². The average Bonchev–Trinajstić information content (AvgIpc) is 2.40. The van der Waals surface area contributed by atoms with Gasteiger partial charge in [-0.05, 0) is 18.6 Å². The molecule has 0 aliphatic heterocycles. The van der Waals surface area contributed by atoms with Crippen molar-refractivity contribution in [3.05, 3.63) is 29.0 Å². The van der Waals surface area contributed by atoms with E-state index in [0.717, 1.165) is 12.8 Å². The second kappa shape index (κ2) is 9.73. The quantitative estimate of drug-likeness (QED) is 0.499. The van der Waals surface area contributed by atoms with Crippen LogP contribution in [0.25, 0.3) is 0 Å². The molecule has 106 valence electrons. The Kier molecular flexibility index (Phi) is 8.14. The lowest BCUT2D eigenvalue weighted by Crippen LogP contribution is -2.19. The first-order valence-electron chi connectivity index (χ1n) is 7.13. The Hall–Kier alpha value is -1.16. The van der Waals surface area contributed by atoms with Crippen molar-refractivity contribution in [3.63, 3.8) is 0 Å². The number of nitrogens with zero attached hydrogens (tertiary/aromatic N) is 1. The first-order chi connectivity index (χ1) is 9.24. The molecule has 1 rings (SSSR count). The van der Waals surface area contributed by atoms with Gasteiger partial charge in [0.25, 0.3) is 0 Å². The maximum absolute atomic E-state index is 11.6. The summed E-state index contributed by atoms with van der Waals surface area (Å²) in [6.07, 6.45) is 10.5. The predicted octanol–water partition coefficient (Wildman–Crippen LogP) is 4.31. The molecule has 0 bridgehead atoms. The third-order valence-corrected chi connectivity index (χ3v) is 3.29. The second-order valence-electron chi connectivity index (χ2n) is 4.70. The molecule has 0 aliphatic carbocycles. The average molecular weight is 281 g/mol. The Balaban J connectivity index is 2.12. The lowest BCUT2D eigenvalue weighted by molar-refractivity contribution is -0.144. The molecule has 3 nitrogen and oxygen atoms in total. The fourth-order valence-corrected chi connectivity index (χ4v) is 2.05. The zero-order valence-electron chi connectivity index (χ0n) is 11.6. The molecule has 19 heavy (non-hydrogen) atoms. The molecular weight excluding hydrogens is 258 g/mol. The lowest BCUT2D eigenvalue weighted by atomic mass is 10.1. The van der Waals surface area contributed by atoms with Crippen LogP contribution < -0.4 is 4.84 Å². The Morgan fingerprint density at radius 1 is 1.16 bits per heavy atom. The molecule has 0 fully saturated rings.